The molecule has 4 heteroatoms. The second-order valence-electron chi connectivity index (χ2n) is 6.66. The SMILES string of the molecule is Cc1cc(N2CCCC3(CCCNC3)C2)c(C#N)c(C)n1. The Morgan fingerprint density at radius 1 is 1.33 bits per heavy atom. The fourth-order valence-corrected chi connectivity index (χ4v) is 3.99. The van der Waals surface area contributed by atoms with Crippen LogP contribution in [0.15, 0.2) is 6.07 Å². The van der Waals surface area contributed by atoms with Crippen LogP contribution in [0.5, 0.6) is 0 Å². The molecule has 4 nitrogen and oxygen atoms in total. The molecule has 3 heterocycles. The smallest absolute Gasteiger partial charge is 0.103 e. The number of hydrogen-bond acceptors (Lipinski definition) is 4. The molecule has 1 atom stereocenters. The Bertz CT molecular complexity index is 561. The molecule has 0 saturated carbocycles. The van der Waals surface area contributed by atoms with Crippen LogP contribution in [0, 0.1) is 30.6 Å². The van der Waals surface area contributed by atoms with Gasteiger partial charge < -0.3 is 10.2 Å². The van der Waals surface area contributed by atoms with Gasteiger partial charge in [0.2, 0.25) is 0 Å². The largest absolute Gasteiger partial charge is 0.370 e. The summed E-state index contributed by atoms with van der Waals surface area (Å²) in [6, 6.07) is 4.44. The first-order valence-corrected chi connectivity index (χ1v) is 7.98. The zero-order valence-electron chi connectivity index (χ0n) is 13.1. The van der Waals surface area contributed by atoms with E-state index in [1.807, 2.05) is 13.8 Å². The lowest BCUT2D eigenvalue weighted by atomic mass is 9.74. The van der Waals surface area contributed by atoms with Crippen LogP contribution in [-0.4, -0.2) is 31.2 Å². The third-order valence-electron chi connectivity index (χ3n) is 4.98. The lowest BCUT2D eigenvalue weighted by Crippen LogP contribution is -2.51. The van der Waals surface area contributed by atoms with Crippen molar-refractivity contribution in [2.75, 3.05) is 31.1 Å². The van der Waals surface area contributed by atoms with Crippen LogP contribution in [0.3, 0.4) is 0 Å². The van der Waals surface area contributed by atoms with E-state index in [1.54, 1.807) is 0 Å². The predicted molar refractivity (Wildman–Crippen MR) is 84.4 cm³/mol. The van der Waals surface area contributed by atoms with E-state index in [-0.39, 0.29) is 0 Å². The van der Waals surface area contributed by atoms with Gasteiger partial charge in [-0.3, -0.25) is 4.98 Å². The van der Waals surface area contributed by atoms with Crippen LogP contribution in [0.4, 0.5) is 5.69 Å². The predicted octanol–water partition coefficient (Wildman–Crippen LogP) is 2.54. The molecule has 0 amide bonds. The van der Waals surface area contributed by atoms with Crippen molar-refractivity contribution < 1.29 is 0 Å². The Hall–Kier alpha value is -1.60. The maximum Gasteiger partial charge on any atom is 0.103 e. The highest BCUT2D eigenvalue weighted by molar-refractivity contribution is 5.62. The van der Waals surface area contributed by atoms with Gasteiger partial charge in [0, 0.05) is 30.7 Å². The van der Waals surface area contributed by atoms with Gasteiger partial charge >= 0.3 is 0 Å². The van der Waals surface area contributed by atoms with Crippen LogP contribution in [0.2, 0.25) is 0 Å². The molecule has 1 spiro atoms. The molecule has 2 aliphatic rings. The number of hydrogen-bond donors (Lipinski definition) is 1. The van der Waals surface area contributed by atoms with Crippen molar-refractivity contribution in [3.63, 3.8) is 0 Å². The number of rotatable bonds is 1. The summed E-state index contributed by atoms with van der Waals surface area (Å²) in [6.45, 7) is 8.35. The van der Waals surface area contributed by atoms with Crippen molar-refractivity contribution in [3.05, 3.63) is 23.0 Å². The van der Waals surface area contributed by atoms with Crippen LogP contribution in [0.1, 0.15) is 42.6 Å². The highest BCUT2D eigenvalue weighted by Gasteiger charge is 2.37. The van der Waals surface area contributed by atoms with Crippen molar-refractivity contribution in [1.82, 2.24) is 10.3 Å². The molecule has 1 unspecified atom stereocenters. The van der Waals surface area contributed by atoms with Gasteiger partial charge in [-0.2, -0.15) is 5.26 Å². The summed E-state index contributed by atoms with van der Waals surface area (Å²) < 4.78 is 0. The molecule has 1 aromatic heterocycles. The number of aromatic nitrogens is 1. The summed E-state index contributed by atoms with van der Waals surface area (Å²) in [5.41, 5.74) is 4.10. The lowest BCUT2D eigenvalue weighted by Gasteiger charge is -2.46. The topological polar surface area (TPSA) is 52.0 Å². The van der Waals surface area contributed by atoms with Crippen molar-refractivity contribution in [3.8, 4) is 6.07 Å². The fourth-order valence-electron chi connectivity index (χ4n) is 3.99. The molecule has 2 saturated heterocycles. The third kappa shape index (κ3) is 2.75. The molecule has 0 bridgehead atoms. The first-order valence-electron chi connectivity index (χ1n) is 7.98. The highest BCUT2D eigenvalue weighted by Crippen LogP contribution is 2.38. The number of anilines is 1. The minimum Gasteiger partial charge on any atom is -0.370 e. The van der Waals surface area contributed by atoms with E-state index in [0.29, 0.717) is 5.41 Å². The molecule has 3 rings (SSSR count). The average Bonchev–Trinajstić information content (AvgIpc) is 2.47. The highest BCUT2D eigenvalue weighted by atomic mass is 15.2. The average molecular weight is 284 g/mol. The van der Waals surface area contributed by atoms with Gasteiger partial charge in [0.15, 0.2) is 0 Å². The monoisotopic (exact) mass is 284 g/mol. The van der Waals surface area contributed by atoms with Crippen LogP contribution >= 0.6 is 0 Å². The maximum absolute atomic E-state index is 9.49. The van der Waals surface area contributed by atoms with E-state index >= 15 is 0 Å². The normalized spacial score (nSPS) is 25.9. The second-order valence-corrected chi connectivity index (χ2v) is 6.66. The molecule has 2 fully saturated rings. The molecule has 1 N–H and O–H groups in total. The van der Waals surface area contributed by atoms with Crippen LogP contribution in [-0.2, 0) is 0 Å². The summed E-state index contributed by atoms with van der Waals surface area (Å²) in [5.74, 6) is 0. The van der Waals surface area contributed by atoms with Crippen LogP contribution < -0.4 is 10.2 Å². The van der Waals surface area contributed by atoms with Gasteiger partial charge in [0.05, 0.1) is 16.9 Å². The zero-order chi connectivity index (χ0) is 14.9. The Balaban J connectivity index is 1.92. The van der Waals surface area contributed by atoms with Gasteiger partial charge in [-0.25, -0.2) is 0 Å². The molecule has 0 aromatic carbocycles. The number of pyridine rings is 1. The first kappa shape index (κ1) is 14.3. The fraction of sp³-hybridized carbons (Fsp3) is 0.647. The molecular weight excluding hydrogens is 260 g/mol. The molecule has 0 radical (unpaired) electrons. The van der Waals surface area contributed by atoms with Crippen molar-refractivity contribution >= 4 is 5.69 Å². The van der Waals surface area contributed by atoms with Gasteiger partial charge in [0.1, 0.15) is 6.07 Å². The number of nitrogens with one attached hydrogen (secondary N) is 1. The van der Waals surface area contributed by atoms with Crippen molar-refractivity contribution in [2.24, 2.45) is 5.41 Å². The molecule has 112 valence electrons. The van der Waals surface area contributed by atoms with Gasteiger partial charge in [0.25, 0.3) is 0 Å². The maximum atomic E-state index is 9.49. The molecule has 0 aliphatic carbocycles. The zero-order valence-corrected chi connectivity index (χ0v) is 13.1. The van der Waals surface area contributed by atoms with E-state index in [0.717, 1.165) is 48.8 Å². The summed E-state index contributed by atoms with van der Waals surface area (Å²) >= 11 is 0. The summed E-state index contributed by atoms with van der Waals surface area (Å²) in [7, 11) is 0. The van der Waals surface area contributed by atoms with Crippen molar-refractivity contribution in [2.45, 2.75) is 39.5 Å². The summed E-state index contributed by atoms with van der Waals surface area (Å²) in [4.78, 5) is 6.87. The molecule has 21 heavy (non-hydrogen) atoms. The Morgan fingerprint density at radius 3 is 2.86 bits per heavy atom. The van der Waals surface area contributed by atoms with Gasteiger partial charge in [-0.15, -0.1) is 0 Å². The number of piperidine rings is 2. The Kier molecular flexibility index (Phi) is 3.86. The summed E-state index contributed by atoms with van der Waals surface area (Å²) in [5, 5.41) is 13.1. The summed E-state index contributed by atoms with van der Waals surface area (Å²) in [6.07, 6.45) is 5.10. The Morgan fingerprint density at radius 2 is 2.14 bits per heavy atom. The van der Waals surface area contributed by atoms with E-state index in [9.17, 15) is 5.26 Å². The van der Waals surface area contributed by atoms with Crippen molar-refractivity contribution in [1.29, 1.82) is 5.26 Å². The quantitative estimate of drug-likeness (QED) is 0.861. The lowest BCUT2D eigenvalue weighted by molar-refractivity contribution is 0.173. The standard InChI is InChI=1S/C17H24N4/c1-13-9-16(15(10-18)14(2)20-13)21-8-4-6-17(12-21)5-3-7-19-11-17/h9,19H,3-8,11-12H2,1-2H3. The van der Waals surface area contributed by atoms with Gasteiger partial charge in [-0.05, 0) is 52.1 Å². The number of nitrogens with zero attached hydrogens (tertiary/aromatic N) is 3. The first-order chi connectivity index (χ1) is 10.1. The molecule has 1 aromatic rings. The third-order valence-corrected chi connectivity index (χ3v) is 4.98. The second kappa shape index (κ2) is 5.65. The van der Waals surface area contributed by atoms with E-state index in [4.69, 9.17) is 0 Å². The number of nitriles is 1. The van der Waals surface area contributed by atoms with E-state index in [1.165, 1.54) is 25.7 Å². The minimum absolute atomic E-state index is 0.397. The minimum atomic E-state index is 0.397. The Labute approximate surface area is 127 Å². The van der Waals surface area contributed by atoms with Gasteiger partial charge in [-0.1, -0.05) is 0 Å². The number of aryl methyl sites for hydroxylation is 2. The van der Waals surface area contributed by atoms with Crippen LogP contribution in [0.25, 0.3) is 0 Å². The van der Waals surface area contributed by atoms with E-state index < -0.39 is 0 Å². The van der Waals surface area contributed by atoms with E-state index in [2.05, 4.69) is 27.3 Å². The molecular formula is C17H24N4. The molecule has 2 aliphatic heterocycles.